The van der Waals surface area contributed by atoms with E-state index in [1.165, 1.54) is 10.9 Å². The average Bonchev–Trinajstić information content (AvgIpc) is 2.87. The zero-order valence-electron chi connectivity index (χ0n) is 11.2. The molecule has 106 valence electrons. The van der Waals surface area contributed by atoms with Crippen LogP contribution in [-0.4, -0.2) is 39.1 Å². The van der Waals surface area contributed by atoms with Crippen molar-refractivity contribution in [3.05, 3.63) is 42.2 Å². The van der Waals surface area contributed by atoms with Crippen LogP contribution in [0.1, 0.15) is 17.4 Å². The number of nitrogens with zero attached hydrogens (tertiary/aromatic N) is 2. The summed E-state index contributed by atoms with van der Waals surface area (Å²) < 4.78 is 1.44. The number of aromatic hydroxyl groups is 1. The van der Waals surface area contributed by atoms with Gasteiger partial charge in [0.25, 0.3) is 5.91 Å². The summed E-state index contributed by atoms with van der Waals surface area (Å²) in [5.74, 6) is -0.683. The highest BCUT2D eigenvalue weighted by atomic mass is 16.3. The lowest BCUT2D eigenvalue weighted by molar-refractivity contribution is 0.0934. The molecule has 0 bridgehead atoms. The summed E-state index contributed by atoms with van der Waals surface area (Å²) in [5, 5.41) is 25.4. The van der Waals surface area contributed by atoms with Gasteiger partial charge in [-0.15, -0.1) is 0 Å². The molecule has 0 radical (unpaired) electrons. The molecule has 1 aromatic heterocycles. The summed E-state index contributed by atoms with van der Waals surface area (Å²) >= 11 is 0. The van der Waals surface area contributed by atoms with Gasteiger partial charge in [-0.2, -0.15) is 5.10 Å². The van der Waals surface area contributed by atoms with Gasteiger partial charge in [0.15, 0.2) is 11.4 Å². The first-order valence-electron chi connectivity index (χ1n) is 6.35. The van der Waals surface area contributed by atoms with Crippen LogP contribution in [-0.2, 0) is 0 Å². The van der Waals surface area contributed by atoms with Crippen molar-refractivity contribution in [1.29, 1.82) is 0 Å². The van der Waals surface area contributed by atoms with Gasteiger partial charge in [-0.3, -0.25) is 4.79 Å². The summed E-state index contributed by atoms with van der Waals surface area (Å²) in [6, 6.07) is 9.20. The Bertz CT molecular complexity index is 581. The fourth-order valence-electron chi connectivity index (χ4n) is 1.65. The van der Waals surface area contributed by atoms with Gasteiger partial charge in [0.2, 0.25) is 0 Å². The largest absolute Gasteiger partial charge is 0.504 e. The van der Waals surface area contributed by atoms with Gasteiger partial charge in [0, 0.05) is 13.2 Å². The Hall–Kier alpha value is -2.34. The Morgan fingerprint density at radius 1 is 1.40 bits per heavy atom. The molecule has 20 heavy (non-hydrogen) atoms. The number of nitrogens with one attached hydrogen (secondary N) is 1. The number of carbonyl (C=O) groups is 1. The summed E-state index contributed by atoms with van der Waals surface area (Å²) in [5.41, 5.74) is 0.726. The molecule has 6 nitrogen and oxygen atoms in total. The van der Waals surface area contributed by atoms with E-state index in [0.29, 0.717) is 6.54 Å². The zero-order chi connectivity index (χ0) is 14.5. The Labute approximate surface area is 116 Å². The molecule has 1 unspecified atom stereocenters. The van der Waals surface area contributed by atoms with Crippen molar-refractivity contribution < 1.29 is 15.0 Å². The van der Waals surface area contributed by atoms with Crippen LogP contribution in [0.3, 0.4) is 0 Å². The number of aliphatic hydroxyl groups is 1. The molecule has 0 aliphatic heterocycles. The van der Waals surface area contributed by atoms with E-state index in [-0.39, 0.29) is 24.0 Å². The molecular formula is C14H17N3O3. The average molecular weight is 275 g/mol. The van der Waals surface area contributed by atoms with Gasteiger partial charge in [-0.1, -0.05) is 25.1 Å². The van der Waals surface area contributed by atoms with E-state index in [4.69, 9.17) is 5.11 Å². The third-order valence-electron chi connectivity index (χ3n) is 2.85. The van der Waals surface area contributed by atoms with Gasteiger partial charge < -0.3 is 15.5 Å². The van der Waals surface area contributed by atoms with Crippen molar-refractivity contribution >= 4 is 5.91 Å². The summed E-state index contributed by atoms with van der Waals surface area (Å²) in [7, 11) is 0. The zero-order valence-corrected chi connectivity index (χ0v) is 11.2. The number of carbonyl (C=O) groups excluding carboxylic acids is 1. The molecule has 6 heteroatoms. The predicted molar refractivity (Wildman–Crippen MR) is 73.8 cm³/mol. The van der Waals surface area contributed by atoms with Crippen LogP contribution in [0.5, 0.6) is 5.75 Å². The molecule has 1 heterocycles. The predicted octanol–water partition coefficient (Wildman–Crippen LogP) is 0.936. The highest BCUT2D eigenvalue weighted by Crippen LogP contribution is 2.17. The maximum absolute atomic E-state index is 11.9. The molecular weight excluding hydrogens is 258 g/mol. The SMILES string of the molecule is CC(CO)CNC(=O)c1nn(-c2ccccc2)cc1O. The highest BCUT2D eigenvalue weighted by molar-refractivity contribution is 5.94. The molecule has 0 aliphatic carbocycles. The fourth-order valence-corrected chi connectivity index (χ4v) is 1.65. The molecule has 2 rings (SSSR count). The van der Waals surface area contributed by atoms with E-state index < -0.39 is 5.91 Å². The number of rotatable bonds is 5. The fraction of sp³-hybridized carbons (Fsp3) is 0.286. The van der Waals surface area contributed by atoms with Crippen molar-refractivity contribution in [3.63, 3.8) is 0 Å². The lowest BCUT2D eigenvalue weighted by Gasteiger charge is -2.08. The van der Waals surface area contributed by atoms with Crippen LogP contribution >= 0.6 is 0 Å². The molecule has 0 aliphatic rings. The molecule has 0 spiro atoms. The van der Waals surface area contributed by atoms with E-state index in [2.05, 4.69) is 10.4 Å². The van der Waals surface area contributed by atoms with E-state index in [0.717, 1.165) is 5.69 Å². The second kappa shape index (κ2) is 6.21. The molecule has 0 saturated heterocycles. The minimum absolute atomic E-state index is 0.00921. The molecule has 2 aromatic rings. The molecule has 0 fully saturated rings. The minimum atomic E-state index is -0.461. The van der Waals surface area contributed by atoms with Crippen LogP contribution in [0.15, 0.2) is 36.5 Å². The first-order valence-corrected chi connectivity index (χ1v) is 6.35. The van der Waals surface area contributed by atoms with E-state index in [1.807, 2.05) is 37.3 Å². The van der Waals surface area contributed by atoms with Crippen LogP contribution in [0.4, 0.5) is 0 Å². The minimum Gasteiger partial charge on any atom is -0.504 e. The number of aliphatic hydroxyl groups excluding tert-OH is 1. The van der Waals surface area contributed by atoms with Crippen molar-refractivity contribution in [2.24, 2.45) is 5.92 Å². The van der Waals surface area contributed by atoms with E-state index in [1.54, 1.807) is 0 Å². The molecule has 3 N–H and O–H groups in total. The third kappa shape index (κ3) is 3.16. The van der Waals surface area contributed by atoms with Crippen molar-refractivity contribution in [2.75, 3.05) is 13.2 Å². The molecule has 1 aromatic carbocycles. The number of para-hydroxylation sites is 1. The number of amides is 1. The molecule has 0 saturated carbocycles. The van der Waals surface area contributed by atoms with Gasteiger partial charge in [0.05, 0.1) is 11.9 Å². The maximum Gasteiger partial charge on any atom is 0.275 e. The van der Waals surface area contributed by atoms with E-state index in [9.17, 15) is 9.90 Å². The third-order valence-corrected chi connectivity index (χ3v) is 2.85. The highest BCUT2D eigenvalue weighted by Gasteiger charge is 2.17. The summed E-state index contributed by atoms with van der Waals surface area (Å²) in [6.07, 6.45) is 1.39. The van der Waals surface area contributed by atoms with Crippen LogP contribution in [0.2, 0.25) is 0 Å². The van der Waals surface area contributed by atoms with Crippen molar-refractivity contribution in [3.8, 4) is 11.4 Å². The maximum atomic E-state index is 11.9. The van der Waals surface area contributed by atoms with E-state index >= 15 is 0 Å². The lowest BCUT2D eigenvalue weighted by atomic mass is 10.2. The van der Waals surface area contributed by atoms with Crippen molar-refractivity contribution in [2.45, 2.75) is 6.92 Å². The van der Waals surface area contributed by atoms with Crippen LogP contribution in [0.25, 0.3) is 5.69 Å². The number of hydrogen-bond acceptors (Lipinski definition) is 4. The monoisotopic (exact) mass is 275 g/mol. The second-order valence-electron chi connectivity index (χ2n) is 4.64. The summed E-state index contributed by atoms with van der Waals surface area (Å²) in [4.78, 5) is 11.9. The van der Waals surface area contributed by atoms with Gasteiger partial charge in [0.1, 0.15) is 0 Å². The Balaban J connectivity index is 2.13. The smallest absolute Gasteiger partial charge is 0.275 e. The van der Waals surface area contributed by atoms with Crippen LogP contribution in [0, 0.1) is 5.92 Å². The first-order chi connectivity index (χ1) is 9.61. The Morgan fingerprint density at radius 3 is 2.75 bits per heavy atom. The van der Waals surface area contributed by atoms with Gasteiger partial charge in [-0.25, -0.2) is 4.68 Å². The summed E-state index contributed by atoms with van der Waals surface area (Å²) in [6.45, 7) is 2.13. The van der Waals surface area contributed by atoms with Gasteiger partial charge >= 0.3 is 0 Å². The topological polar surface area (TPSA) is 87.4 Å². The number of benzene rings is 1. The molecule has 1 amide bonds. The quantitative estimate of drug-likeness (QED) is 0.757. The Kier molecular flexibility index (Phi) is 4.37. The Morgan fingerprint density at radius 2 is 2.10 bits per heavy atom. The lowest BCUT2D eigenvalue weighted by Crippen LogP contribution is -2.30. The molecule has 1 atom stereocenters. The second-order valence-corrected chi connectivity index (χ2v) is 4.64. The van der Waals surface area contributed by atoms with Crippen molar-refractivity contribution in [1.82, 2.24) is 15.1 Å². The number of aromatic nitrogens is 2. The number of hydrogen-bond donors (Lipinski definition) is 3. The first kappa shape index (κ1) is 14.1. The normalized spacial score (nSPS) is 12.1. The standard InChI is InChI=1S/C14H17N3O3/c1-10(9-18)7-15-14(20)13-12(19)8-17(16-13)11-5-3-2-4-6-11/h2-6,8,10,18-19H,7,9H2,1H3,(H,15,20). The van der Waals surface area contributed by atoms with Gasteiger partial charge in [-0.05, 0) is 18.1 Å². The van der Waals surface area contributed by atoms with Crippen LogP contribution < -0.4 is 5.32 Å².